The third-order valence-electron chi connectivity index (χ3n) is 7.50. The van der Waals surface area contributed by atoms with Crippen LogP contribution in [0.3, 0.4) is 0 Å². The predicted molar refractivity (Wildman–Crippen MR) is 220 cm³/mol. The topological polar surface area (TPSA) is 219 Å². The normalized spacial score (nSPS) is 12.3. The molecule has 1 amide bonds. The monoisotopic (exact) mass is 894 g/mol. The molecular formula is C41H77NO19. The summed E-state index contributed by atoms with van der Waals surface area (Å²) in [5.74, 6) is -0.437. The number of hydrogen-bond donors (Lipinski definition) is 1. The Morgan fingerprint density at radius 2 is 0.607 bits per heavy atom. The van der Waals surface area contributed by atoms with E-state index in [1.54, 1.807) is 0 Å². The third kappa shape index (κ3) is 45.7. The number of aldehydes is 3. The van der Waals surface area contributed by atoms with Crippen molar-refractivity contribution in [1.82, 2.24) is 5.32 Å². The van der Waals surface area contributed by atoms with Crippen LogP contribution in [0, 0.1) is 0 Å². The molecule has 0 heterocycles. The van der Waals surface area contributed by atoms with E-state index in [0.717, 1.165) is 13.0 Å². The van der Waals surface area contributed by atoms with Crippen molar-refractivity contribution in [3.63, 3.8) is 0 Å². The molecule has 0 spiro atoms. The van der Waals surface area contributed by atoms with Crippen molar-refractivity contribution in [3.8, 4) is 0 Å². The minimum atomic E-state index is -1.29. The minimum Gasteiger partial charge on any atom is -0.379 e. The van der Waals surface area contributed by atoms with Crippen LogP contribution in [-0.4, -0.2) is 228 Å². The van der Waals surface area contributed by atoms with Crippen LogP contribution in [0.25, 0.3) is 0 Å². The Morgan fingerprint density at radius 3 is 0.836 bits per heavy atom. The Bertz CT molecular complexity index is 1030. The van der Waals surface area contributed by atoms with Gasteiger partial charge in [0.1, 0.15) is 28.4 Å². The van der Waals surface area contributed by atoms with E-state index in [0.29, 0.717) is 132 Å². The van der Waals surface area contributed by atoms with Crippen LogP contribution in [0.5, 0.6) is 0 Å². The minimum absolute atomic E-state index is 0.0392. The van der Waals surface area contributed by atoms with Gasteiger partial charge in [0.15, 0.2) is 0 Å². The molecule has 0 fully saturated rings. The molecule has 1 N–H and O–H groups in total. The van der Waals surface area contributed by atoms with E-state index in [2.05, 4.69) is 12.2 Å². The molecule has 0 rings (SSSR count). The molecule has 0 aliphatic rings. The summed E-state index contributed by atoms with van der Waals surface area (Å²) in [5, 5.41) is 2.80. The summed E-state index contributed by atoms with van der Waals surface area (Å²) in [6.45, 7) is 12.0. The molecular weight excluding hydrogens is 810 g/mol. The SMILES string of the molecule is [3H]C(=O)CCOCC(COCCC([3H])=O)(COCCC([3H])=O)NC(=O)CCOCCOCCOCCOCCOCCOCCOCCOCCOCCOCCOCCOCCC. The summed E-state index contributed by atoms with van der Waals surface area (Å²) in [6.07, 6.45) is -2.00. The van der Waals surface area contributed by atoms with Crippen LogP contribution in [0.15, 0.2) is 0 Å². The van der Waals surface area contributed by atoms with Gasteiger partial charge in [-0.05, 0) is 6.42 Å². The maximum absolute atomic E-state index is 12.9. The van der Waals surface area contributed by atoms with E-state index < -0.39 is 30.2 Å². The standard InChI is InChI=1S/C41H77NO19/c1-2-10-47-15-17-49-19-21-51-23-25-53-27-29-55-31-33-57-35-36-58-34-32-56-30-28-54-26-24-52-22-20-50-18-16-48-14-6-40(46)42-41(37-59-11-3-7-43,38-60-12-4-8-44)39-61-13-5-9-45/h7-9H,2-6,10-39H2,1H3,(H,42,46)/i7T,8T,9T. The van der Waals surface area contributed by atoms with Crippen LogP contribution in [0.2, 0.25) is 0 Å². The number of nitrogens with one attached hydrogen (secondary N) is 1. The average Bonchev–Trinajstić information content (AvgIpc) is 3.26. The smallest absolute Gasteiger partial charge is 0.222 e. The second-order valence-corrected chi connectivity index (χ2v) is 12.8. The fraction of sp³-hybridized carbons (Fsp3) is 0.902. The summed E-state index contributed by atoms with van der Waals surface area (Å²) < 4.78 is 103. The fourth-order valence-electron chi connectivity index (χ4n) is 4.57. The molecule has 0 saturated heterocycles. The Morgan fingerprint density at radius 1 is 0.377 bits per heavy atom. The molecule has 0 aliphatic carbocycles. The van der Waals surface area contributed by atoms with Gasteiger partial charge in [0.05, 0.1) is 192 Å². The van der Waals surface area contributed by atoms with Gasteiger partial charge in [-0.3, -0.25) is 4.79 Å². The van der Waals surface area contributed by atoms with Crippen LogP contribution < -0.4 is 5.32 Å². The lowest BCUT2D eigenvalue weighted by Gasteiger charge is -2.34. The summed E-state index contributed by atoms with van der Waals surface area (Å²) in [4.78, 5) is 46.0. The van der Waals surface area contributed by atoms with Crippen molar-refractivity contribution in [1.29, 1.82) is 0 Å². The lowest BCUT2D eigenvalue weighted by molar-refractivity contribution is -0.129. The quantitative estimate of drug-likeness (QED) is 0.0655. The Balaban J connectivity index is 3.72. The highest BCUT2D eigenvalue weighted by molar-refractivity contribution is 5.77. The first-order chi connectivity index (χ1) is 31.2. The van der Waals surface area contributed by atoms with Gasteiger partial charge in [-0.1, -0.05) is 6.92 Å². The van der Waals surface area contributed by atoms with Crippen molar-refractivity contribution < 1.29 is 94.3 Å². The van der Waals surface area contributed by atoms with Crippen LogP contribution in [0.4, 0.5) is 0 Å². The van der Waals surface area contributed by atoms with Gasteiger partial charge < -0.3 is 90.8 Å². The van der Waals surface area contributed by atoms with Gasteiger partial charge in [0.25, 0.3) is 0 Å². The van der Waals surface area contributed by atoms with Crippen molar-refractivity contribution in [3.05, 3.63) is 0 Å². The van der Waals surface area contributed by atoms with E-state index in [1.807, 2.05) is 0 Å². The summed E-state index contributed by atoms with van der Waals surface area (Å²) >= 11 is 0. The van der Waals surface area contributed by atoms with Gasteiger partial charge >= 0.3 is 0 Å². The predicted octanol–water partition coefficient (Wildman–Crippen LogP) is 0.658. The van der Waals surface area contributed by atoms with Crippen molar-refractivity contribution in [2.45, 2.75) is 44.6 Å². The van der Waals surface area contributed by atoms with E-state index in [1.165, 1.54) is 0 Å². The molecule has 20 heteroatoms. The zero-order valence-electron chi connectivity index (χ0n) is 39.5. The number of carbonyl (C=O) groups is 4. The number of ether oxygens (including phenoxy) is 15. The average molecular weight is 894 g/mol. The summed E-state index contributed by atoms with van der Waals surface area (Å²) in [5.41, 5.74) is -1.29. The Labute approximate surface area is 366 Å². The van der Waals surface area contributed by atoms with Crippen LogP contribution >= 0.6 is 0 Å². The number of rotatable bonds is 54. The maximum Gasteiger partial charge on any atom is 0.222 e. The van der Waals surface area contributed by atoms with E-state index in [-0.39, 0.29) is 85.1 Å². The second kappa shape index (κ2) is 50.5. The zero-order chi connectivity index (χ0) is 46.9. The van der Waals surface area contributed by atoms with E-state index >= 15 is 0 Å². The molecule has 0 saturated carbocycles. The molecule has 0 bridgehead atoms. The molecule has 20 nitrogen and oxygen atoms in total. The van der Waals surface area contributed by atoms with Crippen molar-refractivity contribution in [2.24, 2.45) is 0 Å². The molecule has 0 unspecified atom stereocenters. The lowest BCUT2D eigenvalue weighted by atomic mass is 10.0. The van der Waals surface area contributed by atoms with E-state index in [9.17, 15) is 19.2 Å². The van der Waals surface area contributed by atoms with Gasteiger partial charge in [-0.2, -0.15) is 0 Å². The van der Waals surface area contributed by atoms with Gasteiger partial charge in [-0.25, -0.2) is 0 Å². The van der Waals surface area contributed by atoms with E-state index in [4.69, 9.17) is 75.2 Å². The third-order valence-corrected chi connectivity index (χ3v) is 7.50. The number of carbonyl (C=O) groups excluding carboxylic acids is 4. The number of amides is 1. The first-order valence-electron chi connectivity index (χ1n) is 22.7. The molecule has 0 radical (unpaired) electrons. The van der Waals surface area contributed by atoms with Gasteiger partial charge in [-0.15, -0.1) is 0 Å². The summed E-state index contributed by atoms with van der Waals surface area (Å²) in [7, 11) is 0. The first-order valence-corrected chi connectivity index (χ1v) is 21.2. The highest BCUT2D eigenvalue weighted by Crippen LogP contribution is 2.11. The van der Waals surface area contributed by atoms with Gasteiger partial charge in [0.2, 0.25) is 5.91 Å². The first kappa shape index (κ1) is 53.2. The molecule has 0 aromatic heterocycles. The van der Waals surface area contributed by atoms with Crippen LogP contribution in [-0.2, 0) is 90.2 Å². The molecule has 0 aliphatic heterocycles. The summed E-state index contributed by atoms with van der Waals surface area (Å²) in [6, 6.07) is 0. The zero-order valence-corrected chi connectivity index (χ0v) is 36.5. The largest absolute Gasteiger partial charge is 0.379 e. The highest BCUT2D eigenvalue weighted by Gasteiger charge is 2.33. The highest BCUT2D eigenvalue weighted by atomic mass is 16.6. The maximum atomic E-state index is 12.9. The van der Waals surface area contributed by atoms with Gasteiger partial charge in [0, 0.05) is 32.3 Å². The van der Waals surface area contributed by atoms with Crippen molar-refractivity contribution >= 4 is 24.7 Å². The molecule has 0 atom stereocenters. The molecule has 360 valence electrons. The van der Waals surface area contributed by atoms with Crippen LogP contribution in [0.1, 0.15) is 43.1 Å². The number of hydrogen-bond acceptors (Lipinski definition) is 19. The second-order valence-electron chi connectivity index (χ2n) is 12.8. The molecule has 0 aromatic carbocycles. The van der Waals surface area contributed by atoms with Crippen molar-refractivity contribution in [2.75, 3.05) is 198 Å². The molecule has 0 aromatic rings. The lowest BCUT2D eigenvalue weighted by Crippen LogP contribution is -2.58. The Hall–Kier alpha value is -2.12. The Kier molecular flexibility index (Phi) is 44.1. The fourth-order valence-corrected chi connectivity index (χ4v) is 4.57. The molecule has 61 heavy (non-hydrogen) atoms.